The van der Waals surface area contributed by atoms with Gasteiger partial charge in [-0.05, 0) is 44.1 Å². The van der Waals surface area contributed by atoms with E-state index in [-0.39, 0.29) is 6.61 Å². The normalized spacial score (nSPS) is 15.8. The highest BCUT2D eigenvalue weighted by Crippen LogP contribution is 2.34. The Labute approximate surface area is 142 Å². The number of ether oxygens (including phenoxy) is 2. The third kappa shape index (κ3) is 3.55. The lowest BCUT2D eigenvalue weighted by molar-refractivity contribution is 0.0460. The van der Waals surface area contributed by atoms with E-state index in [1.54, 1.807) is 7.11 Å². The van der Waals surface area contributed by atoms with Gasteiger partial charge < -0.3 is 24.8 Å². The van der Waals surface area contributed by atoms with E-state index in [1.807, 2.05) is 32.2 Å². The highest BCUT2D eigenvalue weighted by atomic mass is 16.5. The SMILES string of the molecule is CNc1cc(C)c2cc(OC)c(OC[C@H](O)CN3CCC3)cc2n1. The van der Waals surface area contributed by atoms with Crippen LogP contribution in [-0.2, 0) is 0 Å². The summed E-state index contributed by atoms with van der Waals surface area (Å²) in [6.45, 7) is 5.06. The zero-order chi connectivity index (χ0) is 17.1. The van der Waals surface area contributed by atoms with Gasteiger partial charge in [0.05, 0.1) is 12.6 Å². The molecule has 2 aromatic rings. The van der Waals surface area contributed by atoms with Crippen molar-refractivity contribution in [3.05, 3.63) is 23.8 Å². The molecular weight excluding hydrogens is 306 g/mol. The Morgan fingerprint density at radius 2 is 2.08 bits per heavy atom. The molecule has 0 aliphatic carbocycles. The summed E-state index contributed by atoms with van der Waals surface area (Å²) in [5.74, 6) is 2.07. The standard InChI is InChI=1S/C18H25N3O3/c1-12-7-18(19-2)20-15-9-17(16(23-3)8-14(12)15)24-11-13(22)10-21-5-4-6-21/h7-9,13,22H,4-6,10-11H2,1-3H3,(H,19,20)/t13-/m1/s1. The van der Waals surface area contributed by atoms with Gasteiger partial charge in [-0.15, -0.1) is 0 Å². The van der Waals surface area contributed by atoms with Crippen LogP contribution in [0.15, 0.2) is 18.2 Å². The molecule has 0 bridgehead atoms. The number of benzene rings is 1. The Kier molecular flexibility index (Phi) is 5.06. The van der Waals surface area contributed by atoms with E-state index >= 15 is 0 Å². The van der Waals surface area contributed by atoms with Gasteiger partial charge in [-0.25, -0.2) is 4.98 Å². The Morgan fingerprint density at radius 1 is 1.29 bits per heavy atom. The summed E-state index contributed by atoms with van der Waals surface area (Å²) in [5, 5.41) is 14.2. The van der Waals surface area contributed by atoms with E-state index in [1.165, 1.54) is 6.42 Å². The Morgan fingerprint density at radius 3 is 2.71 bits per heavy atom. The monoisotopic (exact) mass is 331 g/mol. The van der Waals surface area contributed by atoms with Crippen molar-refractivity contribution in [2.24, 2.45) is 0 Å². The van der Waals surface area contributed by atoms with Crippen molar-refractivity contribution in [1.29, 1.82) is 0 Å². The highest BCUT2D eigenvalue weighted by Gasteiger charge is 2.19. The topological polar surface area (TPSA) is 66.8 Å². The molecular formula is C18H25N3O3. The van der Waals surface area contributed by atoms with Gasteiger partial charge in [-0.2, -0.15) is 0 Å². The second kappa shape index (κ2) is 7.23. The highest BCUT2D eigenvalue weighted by molar-refractivity contribution is 5.87. The Bertz CT molecular complexity index is 716. The van der Waals surface area contributed by atoms with Crippen LogP contribution in [0, 0.1) is 6.92 Å². The average molecular weight is 331 g/mol. The fourth-order valence-corrected chi connectivity index (χ4v) is 2.90. The molecule has 1 aromatic carbocycles. The number of hydrogen-bond acceptors (Lipinski definition) is 6. The molecule has 6 heteroatoms. The summed E-state index contributed by atoms with van der Waals surface area (Å²) in [6, 6.07) is 5.81. The number of β-amino-alcohol motifs (C(OH)–C–C–N with tert-alkyl or cyclic N) is 1. The van der Waals surface area contributed by atoms with E-state index < -0.39 is 6.10 Å². The van der Waals surface area contributed by atoms with E-state index in [2.05, 4.69) is 15.2 Å². The van der Waals surface area contributed by atoms with Crippen LogP contribution < -0.4 is 14.8 Å². The van der Waals surface area contributed by atoms with Crippen LogP contribution in [0.1, 0.15) is 12.0 Å². The zero-order valence-electron chi connectivity index (χ0n) is 14.5. The summed E-state index contributed by atoms with van der Waals surface area (Å²) in [6.07, 6.45) is 0.703. The Hall–Kier alpha value is -2.05. The summed E-state index contributed by atoms with van der Waals surface area (Å²) in [5.41, 5.74) is 1.96. The van der Waals surface area contributed by atoms with E-state index in [0.717, 1.165) is 35.4 Å². The molecule has 3 rings (SSSR count). The molecule has 1 aromatic heterocycles. The largest absolute Gasteiger partial charge is 0.493 e. The van der Waals surface area contributed by atoms with Crippen LogP contribution in [0.25, 0.3) is 10.9 Å². The number of rotatable bonds is 7. The lowest BCUT2D eigenvalue weighted by atomic mass is 10.1. The molecule has 0 spiro atoms. The molecule has 0 saturated carbocycles. The number of pyridine rings is 1. The number of methoxy groups -OCH3 is 1. The third-order valence-corrected chi connectivity index (χ3v) is 4.41. The predicted octanol–water partition coefficient (Wildman–Crippen LogP) is 2.04. The molecule has 1 aliphatic heterocycles. The zero-order valence-corrected chi connectivity index (χ0v) is 14.5. The van der Waals surface area contributed by atoms with Crippen molar-refractivity contribution in [2.75, 3.05) is 45.7 Å². The molecule has 6 nitrogen and oxygen atoms in total. The maximum Gasteiger partial charge on any atom is 0.163 e. The number of aliphatic hydroxyl groups is 1. The van der Waals surface area contributed by atoms with Gasteiger partial charge in [0.25, 0.3) is 0 Å². The quantitative estimate of drug-likeness (QED) is 0.809. The number of aryl methyl sites for hydroxylation is 1. The molecule has 1 saturated heterocycles. The van der Waals surface area contributed by atoms with Crippen LogP contribution in [0.3, 0.4) is 0 Å². The van der Waals surface area contributed by atoms with Crippen molar-refractivity contribution in [2.45, 2.75) is 19.4 Å². The van der Waals surface area contributed by atoms with Gasteiger partial charge in [0.1, 0.15) is 18.5 Å². The van der Waals surface area contributed by atoms with Gasteiger partial charge >= 0.3 is 0 Å². The van der Waals surface area contributed by atoms with Crippen LogP contribution in [0.2, 0.25) is 0 Å². The molecule has 24 heavy (non-hydrogen) atoms. The van der Waals surface area contributed by atoms with Crippen molar-refractivity contribution >= 4 is 16.7 Å². The first-order valence-corrected chi connectivity index (χ1v) is 8.31. The lowest BCUT2D eigenvalue weighted by Crippen LogP contribution is -2.43. The molecule has 0 unspecified atom stereocenters. The number of likely N-dealkylation sites (tertiary alicyclic amines) is 1. The van der Waals surface area contributed by atoms with Crippen molar-refractivity contribution in [3.63, 3.8) is 0 Å². The van der Waals surface area contributed by atoms with Gasteiger partial charge in [0.15, 0.2) is 11.5 Å². The molecule has 0 amide bonds. The van der Waals surface area contributed by atoms with E-state index in [9.17, 15) is 5.11 Å². The first-order valence-electron chi connectivity index (χ1n) is 8.31. The second-order valence-electron chi connectivity index (χ2n) is 6.21. The van der Waals surface area contributed by atoms with Crippen LogP contribution in [0.5, 0.6) is 11.5 Å². The summed E-state index contributed by atoms with van der Waals surface area (Å²) in [4.78, 5) is 6.79. The fourth-order valence-electron chi connectivity index (χ4n) is 2.90. The van der Waals surface area contributed by atoms with Crippen LogP contribution in [0.4, 0.5) is 5.82 Å². The smallest absolute Gasteiger partial charge is 0.163 e. The number of anilines is 1. The predicted molar refractivity (Wildman–Crippen MR) is 95.1 cm³/mol. The molecule has 1 aliphatic rings. The van der Waals surface area contributed by atoms with Crippen LogP contribution in [-0.4, -0.2) is 61.5 Å². The molecule has 130 valence electrons. The first-order chi connectivity index (χ1) is 11.6. The van der Waals surface area contributed by atoms with Gasteiger partial charge in [0.2, 0.25) is 0 Å². The van der Waals surface area contributed by atoms with Gasteiger partial charge in [-0.1, -0.05) is 0 Å². The number of aromatic nitrogens is 1. The number of fused-ring (bicyclic) bond motifs is 1. The third-order valence-electron chi connectivity index (χ3n) is 4.41. The number of nitrogens with zero attached hydrogens (tertiary/aromatic N) is 2. The summed E-state index contributed by atoms with van der Waals surface area (Å²) in [7, 11) is 3.47. The van der Waals surface area contributed by atoms with Gasteiger partial charge in [0, 0.05) is 25.0 Å². The molecule has 1 fully saturated rings. The number of hydrogen-bond donors (Lipinski definition) is 2. The maximum atomic E-state index is 10.1. The Balaban J connectivity index is 1.80. The summed E-state index contributed by atoms with van der Waals surface area (Å²) >= 11 is 0. The maximum absolute atomic E-state index is 10.1. The summed E-state index contributed by atoms with van der Waals surface area (Å²) < 4.78 is 11.3. The minimum atomic E-state index is -0.510. The van der Waals surface area contributed by atoms with Crippen molar-refractivity contribution < 1.29 is 14.6 Å². The first kappa shape index (κ1) is 16.8. The minimum absolute atomic E-state index is 0.239. The van der Waals surface area contributed by atoms with Crippen molar-refractivity contribution in [1.82, 2.24) is 9.88 Å². The van der Waals surface area contributed by atoms with Crippen LogP contribution >= 0.6 is 0 Å². The molecule has 2 N–H and O–H groups in total. The second-order valence-corrected chi connectivity index (χ2v) is 6.21. The molecule has 0 radical (unpaired) electrons. The van der Waals surface area contributed by atoms with Crippen molar-refractivity contribution in [3.8, 4) is 11.5 Å². The number of aliphatic hydroxyl groups excluding tert-OH is 1. The van der Waals surface area contributed by atoms with E-state index in [4.69, 9.17) is 9.47 Å². The molecule has 1 atom stereocenters. The van der Waals surface area contributed by atoms with Gasteiger partial charge in [-0.3, -0.25) is 0 Å². The number of nitrogens with one attached hydrogen (secondary N) is 1. The fraction of sp³-hybridized carbons (Fsp3) is 0.500. The minimum Gasteiger partial charge on any atom is -0.493 e. The average Bonchev–Trinajstić information content (AvgIpc) is 2.55. The van der Waals surface area contributed by atoms with E-state index in [0.29, 0.717) is 18.0 Å². The molecule has 2 heterocycles. The lowest BCUT2D eigenvalue weighted by Gasteiger charge is -2.32.